The number of carboxylic acid groups (broad SMARTS) is 1. The van der Waals surface area contributed by atoms with Gasteiger partial charge in [0.05, 0.1) is 6.54 Å². The van der Waals surface area contributed by atoms with Crippen LogP contribution in [-0.2, 0) is 4.79 Å². The van der Waals surface area contributed by atoms with Crippen LogP contribution in [0.2, 0.25) is 0 Å². The molecule has 0 heterocycles. The molecular formula is C24H53N3O2. The van der Waals surface area contributed by atoms with Crippen molar-refractivity contribution in [1.82, 2.24) is 14.7 Å². The second-order valence-electron chi connectivity index (χ2n) is 9.16. The van der Waals surface area contributed by atoms with Crippen LogP contribution in [0.15, 0.2) is 0 Å². The lowest BCUT2D eigenvalue weighted by atomic mass is 9.94. The molecule has 29 heavy (non-hydrogen) atoms. The van der Waals surface area contributed by atoms with E-state index in [2.05, 4.69) is 70.1 Å². The van der Waals surface area contributed by atoms with Gasteiger partial charge in [0.2, 0.25) is 0 Å². The monoisotopic (exact) mass is 415 g/mol. The third kappa shape index (κ3) is 21.9. The van der Waals surface area contributed by atoms with E-state index in [9.17, 15) is 4.79 Å². The SMILES string of the molecule is CCC(C)(C)C.CCCCN(CCN(CC)CCCN(CC)CCC)CC(=O)O. The molecule has 0 aliphatic carbocycles. The van der Waals surface area contributed by atoms with Gasteiger partial charge >= 0.3 is 5.97 Å². The van der Waals surface area contributed by atoms with Crippen LogP contribution in [0.1, 0.15) is 87.5 Å². The Balaban J connectivity index is 0. The fourth-order valence-electron chi connectivity index (χ4n) is 2.82. The molecule has 5 nitrogen and oxygen atoms in total. The molecule has 0 fully saturated rings. The number of unbranched alkanes of at least 4 members (excludes halogenated alkanes) is 1. The maximum Gasteiger partial charge on any atom is 0.317 e. The first-order valence-corrected chi connectivity index (χ1v) is 12.0. The number of aliphatic carboxylic acids is 1. The molecular weight excluding hydrogens is 362 g/mol. The van der Waals surface area contributed by atoms with E-state index in [4.69, 9.17) is 5.11 Å². The Morgan fingerprint density at radius 3 is 1.52 bits per heavy atom. The van der Waals surface area contributed by atoms with Crippen molar-refractivity contribution in [2.45, 2.75) is 87.5 Å². The molecule has 0 aromatic heterocycles. The summed E-state index contributed by atoms with van der Waals surface area (Å²) in [4.78, 5) is 18.0. The highest BCUT2D eigenvalue weighted by atomic mass is 16.4. The van der Waals surface area contributed by atoms with Crippen LogP contribution in [0.3, 0.4) is 0 Å². The van der Waals surface area contributed by atoms with E-state index >= 15 is 0 Å². The normalized spacial score (nSPS) is 11.8. The summed E-state index contributed by atoms with van der Waals surface area (Å²) in [5.74, 6) is -0.720. The molecule has 0 atom stereocenters. The van der Waals surface area contributed by atoms with E-state index in [0.717, 1.165) is 58.7 Å². The largest absolute Gasteiger partial charge is 0.480 e. The van der Waals surface area contributed by atoms with Gasteiger partial charge in [0.1, 0.15) is 0 Å². The van der Waals surface area contributed by atoms with Gasteiger partial charge in [-0.05, 0) is 63.9 Å². The zero-order chi connectivity index (χ0) is 22.7. The van der Waals surface area contributed by atoms with Crippen LogP contribution < -0.4 is 0 Å². The lowest BCUT2D eigenvalue weighted by Crippen LogP contribution is -2.39. The summed E-state index contributed by atoms with van der Waals surface area (Å²) in [7, 11) is 0. The second-order valence-corrected chi connectivity index (χ2v) is 9.16. The van der Waals surface area contributed by atoms with Crippen LogP contribution in [0, 0.1) is 5.41 Å². The Labute approximate surface area is 182 Å². The molecule has 0 spiro atoms. The van der Waals surface area contributed by atoms with Crippen molar-refractivity contribution in [2.24, 2.45) is 5.41 Å². The summed E-state index contributed by atoms with van der Waals surface area (Å²) >= 11 is 0. The summed E-state index contributed by atoms with van der Waals surface area (Å²) in [5.41, 5.74) is 0.542. The van der Waals surface area contributed by atoms with Crippen molar-refractivity contribution in [3.05, 3.63) is 0 Å². The molecule has 1 N–H and O–H groups in total. The molecule has 0 saturated carbocycles. The Kier molecular flexibility index (Phi) is 20.3. The van der Waals surface area contributed by atoms with Crippen LogP contribution in [0.4, 0.5) is 0 Å². The summed E-state index contributed by atoms with van der Waals surface area (Å²) in [6.07, 6.45) is 5.86. The fraction of sp³-hybridized carbons (Fsp3) is 0.958. The summed E-state index contributed by atoms with van der Waals surface area (Å²) in [6, 6.07) is 0. The van der Waals surface area contributed by atoms with Crippen LogP contribution in [-0.4, -0.2) is 84.7 Å². The van der Waals surface area contributed by atoms with Gasteiger partial charge in [-0.25, -0.2) is 0 Å². The highest BCUT2D eigenvalue weighted by Gasteiger charge is 2.11. The minimum Gasteiger partial charge on any atom is -0.480 e. The molecule has 0 rings (SSSR count). The minimum absolute atomic E-state index is 0.164. The number of hydrogen-bond acceptors (Lipinski definition) is 4. The van der Waals surface area contributed by atoms with E-state index in [-0.39, 0.29) is 6.54 Å². The number of carbonyl (C=O) groups is 1. The van der Waals surface area contributed by atoms with Gasteiger partial charge in [-0.1, -0.05) is 68.2 Å². The topological polar surface area (TPSA) is 47.0 Å². The molecule has 0 aliphatic heterocycles. The zero-order valence-corrected chi connectivity index (χ0v) is 21.1. The van der Waals surface area contributed by atoms with Gasteiger partial charge in [0.25, 0.3) is 0 Å². The minimum atomic E-state index is -0.720. The summed E-state index contributed by atoms with van der Waals surface area (Å²) < 4.78 is 0. The Hall–Kier alpha value is -0.650. The number of hydrogen-bond donors (Lipinski definition) is 1. The first-order chi connectivity index (χ1) is 13.6. The predicted octanol–water partition coefficient (Wildman–Crippen LogP) is 5.06. The molecule has 5 heteroatoms. The average Bonchev–Trinajstić information content (AvgIpc) is 2.67. The third-order valence-corrected chi connectivity index (χ3v) is 5.36. The Morgan fingerprint density at radius 1 is 0.690 bits per heavy atom. The molecule has 0 aromatic carbocycles. The Morgan fingerprint density at radius 2 is 1.14 bits per heavy atom. The standard InChI is InChI=1S/C18H39N3O2.C6H14/c1-5-9-12-21(17-18(22)23)16-15-20(8-4)14-10-13-19(7-3)11-6-2;1-5-6(2,3)4/h5-17H2,1-4H3,(H,22,23);5H2,1-4H3. The second kappa shape index (κ2) is 19.3. The third-order valence-electron chi connectivity index (χ3n) is 5.36. The molecule has 0 amide bonds. The van der Waals surface area contributed by atoms with Gasteiger partial charge < -0.3 is 14.9 Å². The Bertz CT molecular complexity index is 370. The van der Waals surface area contributed by atoms with Crippen LogP contribution in [0.5, 0.6) is 0 Å². The highest BCUT2D eigenvalue weighted by molar-refractivity contribution is 5.69. The van der Waals surface area contributed by atoms with Crippen molar-refractivity contribution < 1.29 is 9.90 Å². The first-order valence-electron chi connectivity index (χ1n) is 12.0. The smallest absolute Gasteiger partial charge is 0.317 e. The van der Waals surface area contributed by atoms with Gasteiger partial charge in [0.15, 0.2) is 0 Å². The molecule has 0 aromatic rings. The number of carboxylic acids is 1. The van der Waals surface area contributed by atoms with Gasteiger partial charge in [-0.2, -0.15) is 0 Å². The van der Waals surface area contributed by atoms with E-state index in [1.807, 2.05) is 0 Å². The fourth-order valence-corrected chi connectivity index (χ4v) is 2.82. The molecule has 0 bridgehead atoms. The van der Waals surface area contributed by atoms with E-state index < -0.39 is 5.97 Å². The average molecular weight is 416 g/mol. The van der Waals surface area contributed by atoms with E-state index in [1.165, 1.54) is 25.8 Å². The van der Waals surface area contributed by atoms with Crippen molar-refractivity contribution in [3.63, 3.8) is 0 Å². The van der Waals surface area contributed by atoms with Crippen LogP contribution in [0.25, 0.3) is 0 Å². The van der Waals surface area contributed by atoms with Gasteiger partial charge in [-0.3, -0.25) is 9.69 Å². The van der Waals surface area contributed by atoms with Crippen LogP contribution >= 0.6 is 0 Å². The summed E-state index contributed by atoms with van der Waals surface area (Å²) in [5, 5.41) is 9.03. The molecule has 0 saturated heterocycles. The quantitative estimate of drug-likeness (QED) is 0.382. The maximum atomic E-state index is 11.0. The lowest BCUT2D eigenvalue weighted by molar-refractivity contribution is -0.138. The van der Waals surface area contributed by atoms with E-state index in [1.54, 1.807) is 0 Å². The predicted molar refractivity (Wildman–Crippen MR) is 128 cm³/mol. The molecule has 0 radical (unpaired) electrons. The molecule has 176 valence electrons. The number of nitrogens with zero attached hydrogens (tertiary/aromatic N) is 3. The molecule has 0 unspecified atom stereocenters. The summed E-state index contributed by atoms with van der Waals surface area (Å²) in [6.45, 7) is 26.2. The van der Waals surface area contributed by atoms with Crippen molar-refractivity contribution in [2.75, 3.05) is 58.9 Å². The van der Waals surface area contributed by atoms with E-state index in [0.29, 0.717) is 5.41 Å². The van der Waals surface area contributed by atoms with Crippen molar-refractivity contribution in [3.8, 4) is 0 Å². The lowest BCUT2D eigenvalue weighted by Gasteiger charge is -2.27. The highest BCUT2D eigenvalue weighted by Crippen LogP contribution is 2.16. The van der Waals surface area contributed by atoms with Gasteiger partial charge in [0, 0.05) is 13.1 Å². The maximum absolute atomic E-state index is 11.0. The zero-order valence-electron chi connectivity index (χ0n) is 21.1. The number of rotatable bonds is 16. The van der Waals surface area contributed by atoms with Crippen molar-refractivity contribution in [1.29, 1.82) is 0 Å². The van der Waals surface area contributed by atoms with Gasteiger partial charge in [-0.15, -0.1) is 0 Å². The molecule has 0 aliphatic rings. The van der Waals surface area contributed by atoms with Crippen molar-refractivity contribution >= 4 is 5.97 Å². The number of likely N-dealkylation sites (N-methyl/N-ethyl adjacent to an activating group) is 1. The first kappa shape index (κ1) is 30.5.